The van der Waals surface area contributed by atoms with Gasteiger partial charge in [0.05, 0.1) is 0 Å². The van der Waals surface area contributed by atoms with Crippen LogP contribution in [0.15, 0.2) is 0 Å². The topological polar surface area (TPSA) is 78.9 Å². The second-order valence-corrected chi connectivity index (χ2v) is 17.1. The van der Waals surface area contributed by atoms with Crippen LogP contribution in [-0.4, -0.2) is 37.2 Å². The minimum absolute atomic E-state index is 0.0652. The van der Waals surface area contributed by atoms with Crippen LogP contribution in [0, 0.1) is 11.8 Å². The molecule has 0 aromatic heterocycles. The standard InChI is InChI=1S/C48H92O6/c1-6-8-9-10-11-12-13-14-15-16-19-22-28-33-38-46(49)52-41-45(42-53-47(50)39-34-29-25-24-27-32-37-44(5)7-2)54-48(51)40-35-30-23-20-17-18-21-26-31-36-43(3)4/h43-45H,6-42H2,1-5H3/t44?,45-/m1/s1. The summed E-state index contributed by atoms with van der Waals surface area (Å²) in [6, 6.07) is 0. The van der Waals surface area contributed by atoms with Gasteiger partial charge in [0, 0.05) is 19.3 Å². The Bertz CT molecular complexity index is 826. The van der Waals surface area contributed by atoms with E-state index in [4.69, 9.17) is 14.2 Å². The van der Waals surface area contributed by atoms with E-state index in [1.54, 1.807) is 0 Å². The molecule has 0 aliphatic carbocycles. The highest BCUT2D eigenvalue weighted by Gasteiger charge is 2.19. The maximum atomic E-state index is 12.7. The van der Waals surface area contributed by atoms with Crippen molar-refractivity contribution in [2.24, 2.45) is 11.8 Å². The van der Waals surface area contributed by atoms with Crippen LogP contribution in [0.4, 0.5) is 0 Å². The van der Waals surface area contributed by atoms with E-state index in [2.05, 4.69) is 34.6 Å². The number of hydrogen-bond donors (Lipinski definition) is 0. The number of hydrogen-bond acceptors (Lipinski definition) is 6. The number of carbonyl (C=O) groups excluding carboxylic acids is 3. The molecule has 0 heterocycles. The third kappa shape index (κ3) is 40.1. The van der Waals surface area contributed by atoms with Crippen molar-refractivity contribution in [2.75, 3.05) is 13.2 Å². The molecule has 0 saturated carbocycles. The Labute approximate surface area is 336 Å². The summed E-state index contributed by atoms with van der Waals surface area (Å²) in [5.74, 6) is 0.762. The fourth-order valence-corrected chi connectivity index (χ4v) is 7.07. The van der Waals surface area contributed by atoms with Gasteiger partial charge in [0.2, 0.25) is 0 Å². The van der Waals surface area contributed by atoms with Crippen molar-refractivity contribution >= 4 is 17.9 Å². The Morgan fingerprint density at radius 2 is 0.704 bits per heavy atom. The van der Waals surface area contributed by atoms with E-state index in [0.717, 1.165) is 69.6 Å². The molecule has 0 radical (unpaired) electrons. The van der Waals surface area contributed by atoms with Crippen LogP contribution in [0.3, 0.4) is 0 Å². The maximum Gasteiger partial charge on any atom is 0.306 e. The molecule has 0 amide bonds. The van der Waals surface area contributed by atoms with Gasteiger partial charge in [-0.2, -0.15) is 0 Å². The van der Waals surface area contributed by atoms with Gasteiger partial charge in [-0.3, -0.25) is 14.4 Å². The first-order valence-electron chi connectivity index (χ1n) is 23.8. The van der Waals surface area contributed by atoms with E-state index in [9.17, 15) is 14.4 Å². The minimum Gasteiger partial charge on any atom is -0.462 e. The quantitative estimate of drug-likeness (QED) is 0.0350. The molecule has 320 valence electrons. The third-order valence-electron chi connectivity index (χ3n) is 11.1. The number of carbonyl (C=O) groups is 3. The van der Waals surface area contributed by atoms with Crippen LogP contribution in [0.1, 0.15) is 259 Å². The van der Waals surface area contributed by atoms with Crippen molar-refractivity contribution in [3.63, 3.8) is 0 Å². The van der Waals surface area contributed by atoms with Gasteiger partial charge in [-0.15, -0.1) is 0 Å². The molecule has 0 aromatic carbocycles. The lowest BCUT2D eigenvalue weighted by atomic mass is 10.00. The van der Waals surface area contributed by atoms with Crippen molar-refractivity contribution in [3.05, 3.63) is 0 Å². The van der Waals surface area contributed by atoms with Gasteiger partial charge in [0.15, 0.2) is 6.10 Å². The predicted molar refractivity (Wildman–Crippen MR) is 229 cm³/mol. The second-order valence-electron chi connectivity index (χ2n) is 17.1. The summed E-state index contributed by atoms with van der Waals surface area (Å²) in [7, 11) is 0. The van der Waals surface area contributed by atoms with Gasteiger partial charge >= 0.3 is 17.9 Å². The number of unbranched alkanes of at least 4 members (excludes halogenated alkanes) is 26. The zero-order chi connectivity index (χ0) is 39.7. The molecule has 6 nitrogen and oxygen atoms in total. The largest absolute Gasteiger partial charge is 0.462 e. The molecule has 0 bridgehead atoms. The molecule has 0 rings (SSSR count). The Morgan fingerprint density at radius 3 is 1.06 bits per heavy atom. The molecule has 0 aromatic rings. The Morgan fingerprint density at radius 1 is 0.389 bits per heavy atom. The zero-order valence-electron chi connectivity index (χ0n) is 36.8. The summed E-state index contributed by atoms with van der Waals surface area (Å²) in [6.07, 6.45) is 39.5. The first-order valence-corrected chi connectivity index (χ1v) is 23.8. The Balaban J connectivity index is 4.33. The first-order chi connectivity index (χ1) is 26.3. The van der Waals surface area contributed by atoms with E-state index in [-0.39, 0.29) is 31.1 Å². The van der Waals surface area contributed by atoms with E-state index < -0.39 is 6.10 Å². The van der Waals surface area contributed by atoms with Gasteiger partial charge in [0.25, 0.3) is 0 Å². The van der Waals surface area contributed by atoms with Crippen molar-refractivity contribution in [1.82, 2.24) is 0 Å². The molecule has 0 fully saturated rings. The van der Waals surface area contributed by atoms with E-state index in [0.29, 0.717) is 19.3 Å². The van der Waals surface area contributed by atoms with Gasteiger partial charge in [-0.1, -0.05) is 221 Å². The molecule has 54 heavy (non-hydrogen) atoms. The van der Waals surface area contributed by atoms with Crippen LogP contribution in [-0.2, 0) is 28.6 Å². The fraction of sp³-hybridized carbons (Fsp3) is 0.938. The van der Waals surface area contributed by atoms with Crippen molar-refractivity contribution in [3.8, 4) is 0 Å². The second kappa shape index (κ2) is 41.1. The van der Waals surface area contributed by atoms with Gasteiger partial charge < -0.3 is 14.2 Å². The predicted octanol–water partition coefficient (Wildman–Crippen LogP) is 15.0. The molecule has 6 heteroatoms. The van der Waals surface area contributed by atoms with E-state index in [1.807, 2.05) is 0 Å². The minimum atomic E-state index is -0.761. The number of rotatable bonds is 42. The normalized spacial score (nSPS) is 12.6. The van der Waals surface area contributed by atoms with Crippen molar-refractivity contribution in [1.29, 1.82) is 0 Å². The van der Waals surface area contributed by atoms with E-state index >= 15 is 0 Å². The molecule has 0 aliphatic heterocycles. The zero-order valence-corrected chi connectivity index (χ0v) is 36.8. The average Bonchev–Trinajstić information content (AvgIpc) is 3.15. The molecule has 0 spiro atoms. The summed E-state index contributed by atoms with van der Waals surface area (Å²) in [5, 5.41) is 0. The summed E-state index contributed by atoms with van der Waals surface area (Å²) < 4.78 is 16.7. The summed E-state index contributed by atoms with van der Waals surface area (Å²) in [4.78, 5) is 37.8. The Hall–Kier alpha value is -1.59. The highest BCUT2D eigenvalue weighted by Crippen LogP contribution is 2.17. The molecule has 0 saturated heterocycles. The SMILES string of the molecule is CCCCCCCCCCCCCCCCC(=O)OC[C@H](COC(=O)CCCCCCCCC(C)CC)OC(=O)CCCCCCCCCCCC(C)C. The third-order valence-corrected chi connectivity index (χ3v) is 11.1. The summed E-state index contributed by atoms with van der Waals surface area (Å²) in [5.41, 5.74) is 0. The average molecular weight is 765 g/mol. The molecule has 2 atom stereocenters. The van der Waals surface area contributed by atoms with Gasteiger partial charge in [0.1, 0.15) is 13.2 Å². The van der Waals surface area contributed by atoms with Gasteiger partial charge in [-0.25, -0.2) is 0 Å². The molecule has 0 N–H and O–H groups in total. The smallest absolute Gasteiger partial charge is 0.306 e. The number of ether oxygens (including phenoxy) is 3. The summed E-state index contributed by atoms with van der Waals surface area (Å²) >= 11 is 0. The molecule has 1 unspecified atom stereocenters. The molecule has 0 aliphatic rings. The molecular formula is C48H92O6. The van der Waals surface area contributed by atoms with Crippen LogP contribution in [0.25, 0.3) is 0 Å². The Kier molecular flexibility index (Phi) is 39.8. The maximum absolute atomic E-state index is 12.7. The van der Waals surface area contributed by atoms with Crippen molar-refractivity contribution in [2.45, 2.75) is 265 Å². The fourth-order valence-electron chi connectivity index (χ4n) is 7.07. The van der Waals surface area contributed by atoms with Crippen LogP contribution >= 0.6 is 0 Å². The summed E-state index contributed by atoms with van der Waals surface area (Å²) in [6.45, 7) is 11.3. The highest BCUT2D eigenvalue weighted by atomic mass is 16.6. The van der Waals surface area contributed by atoms with E-state index in [1.165, 1.54) is 148 Å². The van der Waals surface area contributed by atoms with Crippen LogP contribution < -0.4 is 0 Å². The monoisotopic (exact) mass is 765 g/mol. The lowest BCUT2D eigenvalue weighted by molar-refractivity contribution is -0.167. The van der Waals surface area contributed by atoms with Crippen molar-refractivity contribution < 1.29 is 28.6 Å². The van der Waals surface area contributed by atoms with Crippen LogP contribution in [0.5, 0.6) is 0 Å². The van der Waals surface area contributed by atoms with Gasteiger partial charge in [-0.05, 0) is 31.1 Å². The molecular weight excluding hydrogens is 673 g/mol. The van der Waals surface area contributed by atoms with Crippen LogP contribution in [0.2, 0.25) is 0 Å². The highest BCUT2D eigenvalue weighted by molar-refractivity contribution is 5.71. The lowest BCUT2D eigenvalue weighted by Gasteiger charge is -2.18. The lowest BCUT2D eigenvalue weighted by Crippen LogP contribution is -2.30. The number of esters is 3. The first kappa shape index (κ1) is 52.4.